The maximum Gasteiger partial charge on any atom is 0.255 e. The van der Waals surface area contributed by atoms with Crippen molar-refractivity contribution in [3.05, 3.63) is 70.6 Å². The lowest BCUT2D eigenvalue weighted by Gasteiger charge is -2.29. The number of carbonyl (C=O) groups is 1. The van der Waals surface area contributed by atoms with E-state index in [0.29, 0.717) is 39.4 Å². The molecule has 0 saturated carbocycles. The van der Waals surface area contributed by atoms with Crippen molar-refractivity contribution in [2.24, 2.45) is 0 Å². The van der Waals surface area contributed by atoms with E-state index in [0.717, 1.165) is 5.56 Å². The second-order valence-corrected chi connectivity index (χ2v) is 7.05. The molecule has 1 aromatic heterocycles. The number of halogens is 1. The molecule has 1 aliphatic heterocycles. The Balaban J connectivity index is 1.80. The zero-order valence-corrected chi connectivity index (χ0v) is 17.4. The number of allylic oxidation sites excluding steroid dienone is 1. The predicted molar refractivity (Wildman–Crippen MR) is 114 cm³/mol. The van der Waals surface area contributed by atoms with E-state index in [1.165, 1.54) is 6.33 Å². The van der Waals surface area contributed by atoms with Crippen molar-refractivity contribution in [1.29, 1.82) is 0 Å². The standard InChI is InChI=1S/C21H20ClN5O3/c1-12-18(20(28)26-15-7-5-4-6-14(15)22)19(27-21(25-12)23-11-24-27)13-8-9-16(29-2)17(10-13)30-3/h4-11,19H,1-3H3,(H,26,28)(H,23,24,25). The van der Waals surface area contributed by atoms with Gasteiger partial charge in [-0.1, -0.05) is 29.8 Å². The fraction of sp³-hybridized carbons (Fsp3) is 0.190. The number of rotatable bonds is 5. The largest absolute Gasteiger partial charge is 0.493 e. The molecule has 2 N–H and O–H groups in total. The van der Waals surface area contributed by atoms with Crippen LogP contribution in [-0.4, -0.2) is 34.9 Å². The first-order valence-electron chi connectivity index (χ1n) is 9.18. The third kappa shape index (κ3) is 3.46. The molecule has 0 radical (unpaired) electrons. The van der Waals surface area contributed by atoms with Gasteiger partial charge in [0.1, 0.15) is 12.4 Å². The van der Waals surface area contributed by atoms with Crippen LogP contribution < -0.4 is 20.1 Å². The van der Waals surface area contributed by atoms with Crippen LogP contribution in [0.5, 0.6) is 11.5 Å². The molecule has 0 bridgehead atoms. The molecule has 1 unspecified atom stereocenters. The number of amides is 1. The smallest absolute Gasteiger partial charge is 0.255 e. The van der Waals surface area contributed by atoms with Gasteiger partial charge in [-0.2, -0.15) is 10.1 Å². The Bertz CT molecular complexity index is 1140. The Morgan fingerprint density at radius 1 is 1.17 bits per heavy atom. The molecule has 30 heavy (non-hydrogen) atoms. The molecule has 2 aromatic carbocycles. The summed E-state index contributed by atoms with van der Waals surface area (Å²) in [7, 11) is 3.14. The van der Waals surface area contributed by atoms with Gasteiger partial charge in [0.2, 0.25) is 5.95 Å². The van der Waals surface area contributed by atoms with Crippen molar-refractivity contribution in [2.45, 2.75) is 13.0 Å². The number of ether oxygens (including phenoxy) is 2. The molecule has 3 aromatic rings. The van der Waals surface area contributed by atoms with Gasteiger partial charge in [-0.25, -0.2) is 4.68 Å². The number of nitrogens with zero attached hydrogens (tertiary/aromatic N) is 3. The third-order valence-corrected chi connectivity index (χ3v) is 5.21. The van der Waals surface area contributed by atoms with Crippen LogP contribution in [0.3, 0.4) is 0 Å². The first-order chi connectivity index (χ1) is 14.5. The normalized spacial score (nSPS) is 15.3. The quantitative estimate of drug-likeness (QED) is 0.644. The van der Waals surface area contributed by atoms with E-state index >= 15 is 0 Å². The Hall–Kier alpha value is -3.52. The van der Waals surface area contributed by atoms with E-state index in [9.17, 15) is 4.79 Å². The fourth-order valence-electron chi connectivity index (χ4n) is 3.47. The van der Waals surface area contributed by atoms with Gasteiger partial charge >= 0.3 is 0 Å². The lowest BCUT2D eigenvalue weighted by molar-refractivity contribution is -0.113. The van der Waals surface area contributed by atoms with Crippen molar-refractivity contribution in [1.82, 2.24) is 14.8 Å². The summed E-state index contributed by atoms with van der Waals surface area (Å²) in [5.74, 6) is 1.39. The third-order valence-electron chi connectivity index (χ3n) is 4.88. The summed E-state index contributed by atoms with van der Waals surface area (Å²) in [4.78, 5) is 17.6. The van der Waals surface area contributed by atoms with Gasteiger partial charge in [0.15, 0.2) is 11.5 Å². The van der Waals surface area contributed by atoms with Gasteiger partial charge in [0.25, 0.3) is 5.91 Å². The highest BCUT2D eigenvalue weighted by Gasteiger charge is 2.34. The van der Waals surface area contributed by atoms with E-state index in [4.69, 9.17) is 21.1 Å². The maximum atomic E-state index is 13.3. The molecular weight excluding hydrogens is 406 g/mol. The maximum absolute atomic E-state index is 13.3. The number of nitrogens with one attached hydrogen (secondary N) is 2. The zero-order chi connectivity index (χ0) is 21.3. The molecule has 1 atom stereocenters. The van der Waals surface area contributed by atoms with Crippen LogP contribution in [0.15, 0.2) is 60.1 Å². The molecule has 2 heterocycles. The molecule has 154 valence electrons. The number of carbonyl (C=O) groups excluding carboxylic acids is 1. The SMILES string of the molecule is COc1ccc(C2C(C(=O)Nc3ccccc3Cl)=C(C)Nc3ncnn32)cc1OC. The van der Waals surface area contributed by atoms with E-state index in [1.807, 2.05) is 25.1 Å². The van der Waals surface area contributed by atoms with Crippen LogP contribution in [0.2, 0.25) is 5.02 Å². The Kier molecular flexibility index (Phi) is 5.33. The first kappa shape index (κ1) is 19.8. The van der Waals surface area contributed by atoms with Crippen LogP contribution in [0, 0.1) is 0 Å². The summed E-state index contributed by atoms with van der Waals surface area (Å²) in [5, 5.41) is 10.8. The van der Waals surface area contributed by atoms with E-state index in [-0.39, 0.29) is 5.91 Å². The van der Waals surface area contributed by atoms with Crippen molar-refractivity contribution in [2.75, 3.05) is 24.9 Å². The molecule has 4 rings (SSSR count). The lowest BCUT2D eigenvalue weighted by Crippen LogP contribution is -2.31. The number of para-hydroxylation sites is 1. The van der Waals surface area contributed by atoms with Gasteiger partial charge in [0.05, 0.1) is 30.5 Å². The van der Waals surface area contributed by atoms with Crippen molar-refractivity contribution < 1.29 is 14.3 Å². The van der Waals surface area contributed by atoms with Crippen LogP contribution in [0.1, 0.15) is 18.5 Å². The monoisotopic (exact) mass is 425 g/mol. The topological polar surface area (TPSA) is 90.3 Å². The minimum absolute atomic E-state index is 0.297. The second kappa shape index (κ2) is 8.08. The van der Waals surface area contributed by atoms with Gasteiger partial charge in [-0.3, -0.25) is 4.79 Å². The number of hydrogen-bond donors (Lipinski definition) is 2. The summed E-state index contributed by atoms with van der Waals surface area (Å²) in [6, 6.07) is 12.1. The molecule has 0 aliphatic carbocycles. The number of methoxy groups -OCH3 is 2. The molecular formula is C21H20ClN5O3. The zero-order valence-electron chi connectivity index (χ0n) is 16.6. The van der Waals surface area contributed by atoms with Gasteiger partial charge in [-0.15, -0.1) is 0 Å². The van der Waals surface area contributed by atoms with Crippen molar-refractivity contribution in [3.63, 3.8) is 0 Å². The van der Waals surface area contributed by atoms with E-state index in [1.54, 1.807) is 43.2 Å². The lowest BCUT2D eigenvalue weighted by atomic mass is 9.94. The highest BCUT2D eigenvalue weighted by atomic mass is 35.5. The van der Waals surface area contributed by atoms with Gasteiger partial charge in [0, 0.05) is 5.70 Å². The summed E-state index contributed by atoms with van der Waals surface area (Å²) < 4.78 is 12.5. The molecule has 1 amide bonds. The summed E-state index contributed by atoms with van der Waals surface area (Å²) in [6.45, 7) is 1.83. The Labute approximate surface area is 178 Å². The number of hydrogen-bond acceptors (Lipinski definition) is 6. The van der Waals surface area contributed by atoms with E-state index in [2.05, 4.69) is 20.7 Å². The summed E-state index contributed by atoms with van der Waals surface area (Å²) in [5.41, 5.74) is 2.48. The molecule has 8 nitrogen and oxygen atoms in total. The van der Waals surface area contributed by atoms with Gasteiger partial charge < -0.3 is 20.1 Å². The molecule has 0 saturated heterocycles. The summed E-state index contributed by atoms with van der Waals surface area (Å²) in [6.07, 6.45) is 1.44. The molecule has 0 spiro atoms. The minimum atomic E-state index is -0.522. The van der Waals surface area contributed by atoms with Gasteiger partial charge in [-0.05, 0) is 36.8 Å². The number of aromatic nitrogens is 3. The number of anilines is 2. The number of benzene rings is 2. The van der Waals surface area contributed by atoms with Crippen molar-refractivity contribution >= 4 is 29.1 Å². The van der Waals surface area contributed by atoms with Crippen LogP contribution in [0.4, 0.5) is 11.6 Å². The van der Waals surface area contributed by atoms with Crippen LogP contribution in [0.25, 0.3) is 0 Å². The first-order valence-corrected chi connectivity index (χ1v) is 9.56. The van der Waals surface area contributed by atoms with Crippen molar-refractivity contribution in [3.8, 4) is 11.5 Å². The van der Waals surface area contributed by atoms with Crippen LogP contribution in [-0.2, 0) is 4.79 Å². The van der Waals surface area contributed by atoms with E-state index < -0.39 is 6.04 Å². The highest BCUT2D eigenvalue weighted by Crippen LogP contribution is 2.39. The molecule has 9 heteroatoms. The summed E-state index contributed by atoms with van der Waals surface area (Å²) >= 11 is 6.23. The average Bonchev–Trinajstić information content (AvgIpc) is 3.21. The molecule has 1 aliphatic rings. The fourth-order valence-corrected chi connectivity index (χ4v) is 3.65. The molecule has 0 fully saturated rings. The highest BCUT2D eigenvalue weighted by molar-refractivity contribution is 6.33. The number of fused-ring (bicyclic) bond motifs is 1. The average molecular weight is 426 g/mol. The Morgan fingerprint density at radius 2 is 1.93 bits per heavy atom. The second-order valence-electron chi connectivity index (χ2n) is 6.64. The Morgan fingerprint density at radius 3 is 2.67 bits per heavy atom. The predicted octanol–water partition coefficient (Wildman–Crippen LogP) is 3.88. The minimum Gasteiger partial charge on any atom is -0.493 e. The van der Waals surface area contributed by atoms with Crippen LogP contribution >= 0.6 is 11.6 Å².